The van der Waals surface area contributed by atoms with Gasteiger partial charge in [0.2, 0.25) is 5.91 Å². The highest BCUT2D eigenvalue weighted by molar-refractivity contribution is 5.94. The second kappa shape index (κ2) is 6.75. The van der Waals surface area contributed by atoms with Gasteiger partial charge < -0.3 is 11.1 Å². The molecule has 0 aliphatic carbocycles. The lowest BCUT2D eigenvalue weighted by Crippen LogP contribution is -2.41. The van der Waals surface area contributed by atoms with Gasteiger partial charge in [-0.3, -0.25) is 9.69 Å². The molecule has 1 amide bonds. The Hall–Kier alpha value is -1.83. The number of carbonyl (C=O) groups excluding carboxylic acids is 1. The molecule has 0 radical (unpaired) electrons. The quantitative estimate of drug-likeness (QED) is 0.649. The Labute approximate surface area is 119 Å². The number of amides is 1. The predicted octanol–water partition coefficient (Wildman–Crippen LogP) is 2.62. The van der Waals surface area contributed by atoms with Crippen molar-refractivity contribution in [2.45, 2.75) is 25.6 Å². The fourth-order valence-electron chi connectivity index (χ4n) is 1.57. The first-order valence-electron chi connectivity index (χ1n) is 6.23. The Bertz CT molecular complexity index is 505. The minimum absolute atomic E-state index is 0.120. The third kappa shape index (κ3) is 5.58. The highest BCUT2D eigenvalue weighted by atomic mass is 19.4. The Morgan fingerprint density at radius 3 is 2.57 bits per heavy atom. The molecule has 3 N–H and O–H groups in total. The van der Waals surface area contributed by atoms with E-state index in [9.17, 15) is 22.4 Å². The number of nitrogens with one attached hydrogen (secondary N) is 1. The van der Waals surface area contributed by atoms with Gasteiger partial charge in [0, 0.05) is 12.2 Å². The SMILES string of the molecule is CC(C(=O)Nc1ccc(F)c(N)c1)N(C)CCC(F)(F)F. The topological polar surface area (TPSA) is 58.4 Å². The summed E-state index contributed by atoms with van der Waals surface area (Å²) in [5.41, 5.74) is 5.53. The van der Waals surface area contributed by atoms with E-state index < -0.39 is 30.4 Å². The van der Waals surface area contributed by atoms with Crippen molar-refractivity contribution in [2.75, 3.05) is 24.6 Å². The van der Waals surface area contributed by atoms with E-state index in [-0.39, 0.29) is 17.9 Å². The van der Waals surface area contributed by atoms with Crippen LogP contribution in [0.1, 0.15) is 13.3 Å². The molecule has 8 heteroatoms. The molecule has 0 aromatic heterocycles. The van der Waals surface area contributed by atoms with Gasteiger partial charge in [0.25, 0.3) is 0 Å². The van der Waals surface area contributed by atoms with Crippen molar-refractivity contribution in [2.24, 2.45) is 0 Å². The summed E-state index contributed by atoms with van der Waals surface area (Å²) in [5, 5.41) is 2.48. The summed E-state index contributed by atoms with van der Waals surface area (Å²) < 4.78 is 49.4. The van der Waals surface area contributed by atoms with Crippen LogP contribution in [0.4, 0.5) is 28.9 Å². The molecule has 0 bridgehead atoms. The van der Waals surface area contributed by atoms with E-state index >= 15 is 0 Å². The maximum Gasteiger partial charge on any atom is 0.390 e. The largest absolute Gasteiger partial charge is 0.396 e. The molecule has 1 aromatic carbocycles. The van der Waals surface area contributed by atoms with Crippen LogP contribution in [0.5, 0.6) is 0 Å². The molecule has 0 aliphatic rings. The van der Waals surface area contributed by atoms with E-state index in [1.54, 1.807) is 0 Å². The summed E-state index contributed by atoms with van der Waals surface area (Å²) in [6.07, 6.45) is -5.26. The number of likely N-dealkylation sites (N-methyl/N-ethyl adjacent to an activating group) is 1. The fourth-order valence-corrected chi connectivity index (χ4v) is 1.57. The Morgan fingerprint density at radius 1 is 1.43 bits per heavy atom. The maximum atomic E-state index is 13.0. The highest BCUT2D eigenvalue weighted by Crippen LogP contribution is 2.20. The molecule has 21 heavy (non-hydrogen) atoms. The number of carbonyl (C=O) groups is 1. The zero-order valence-electron chi connectivity index (χ0n) is 11.7. The molecule has 4 nitrogen and oxygen atoms in total. The van der Waals surface area contributed by atoms with E-state index in [4.69, 9.17) is 5.73 Å². The minimum Gasteiger partial charge on any atom is -0.396 e. The highest BCUT2D eigenvalue weighted by Gasteiger charge is 2.29. The lowest BCUT2D eigenvalue weighted by Gasteiger charge is -2.24. The molecule has 0 spiro atoms. The van der Waals surface area contributed by atoms with Crippen molar-refractivity contribution in [1.29, 1.82) is 0 Å². The number of nitrogens with two attached hydrogens (primary N) is 1. The Balaban J connectivity index is 2.59. The summed E-state index contributed by atoms with van der Waals surface area (Å²) >= 11 is 0. The fraction of sp³-hybridized carbons (Fsp3) is 0.462. The van der Waals surface area contributed by atoms with Gasteiger partial charge in [0.15, 0.2) is 0 Å². The first-order chi connectivity index (χ1) is 9.60. The number of anilines is 2. The van der Waals surface area contributed by atoms with Gasteiger partial charge in [-0.15, -0.1) is 0 Å². The zero-order chi connectivity index (χ0) is 16.2. The predicted molar refractivity (Wildman–Crippen MR) is 72.2 cm³/mol. The standard InChI is InChI=1S/C13H17F4N3O/c1-8(20(2)6-5-13(15,16)17)12(21)19-9-3-4-10(14)11(18)7-9/h3-4,7-8H,5-6,18H2,1-2H3,(H,19,21). The van der Waals surface area contributed by atoms with Gasteiger partial charge in [0.05, 0.1) is 18.2 Å². The van der Waals surface area contributed by atoms with Crippen LogP contribution >= 0.6 is 0 Å². The van der Waals surface area contributed by atoms with Crippen molar-refractivity contribution in [3.8, 4) is 0 Å². The van der Waals surface area contributed by atoms with Crippen LogP contribution in [-0.4, -0.2) is 36.6 Å². The number of nitrogen functional groups attached to an aromatic ring is 1. The number of nitrogens with zero attached hydrogens (tertiary/aromatic N) is 1. The average molecular weight is 307 g/mol. The third-order valence-electron chi connectivity index (χ3n) is 3.05. The first kappa shape index (κ1) is 17.2. The van der Waals surface area contributed by atoms with Crippen molar-refractivity contribution in [1.82, 2.24) is 4.90 Å². The van der Waals surface area contributed by atoms with Crippen LogP contribution in [0, 0.1) is 5.82 Å². The van der Waals surface area contributed by atoms with Crippen molar-refractivity contribution in [3.05, 3.63) is 24.0 Å². The van der Waals surface area contributed by atoms with E-state index in [0.29, 0.717) is 0 Å². The van der Waals surface area contributed by atoms with Crippen LogP contribution in [0.25, 0.3) is 0 Å². The summed E-state index contributed by atoms with van der Waals surface area (Å²) in [6.45, 7) is 1.20. The van der Waals surface area contributed by atoms with Gasteiger partial charge in [0.1, 0.15) is 5.82 Å². The van der Waals surface area contributed by atoms with Crippen LogP contribution < -0.4 is 11.1 Å². The van der Waals surface area contributed by atoms with E-state index in [2.05, 4.69) is 5.32 Å². The maximum absolute atomic E-state index is 13.0. The van der Waals surface area contributed by atoms with Crippen molar-refractivity contribution < 1.29 is 22.4 Å². The molecule has 118 valence electrons. The van der Waals surface area contributed by atoms with Crippen molar-refractivity contribution >= 4 is 17.3 Å². The molecule has 0 aliphatic heterocycles. The molecule has 0 heterocycles. The average Bonchev–Trinajstić information content (AvgIpc) is 2.38. The monoisotopic (exact) mass is 307 g/mol. The molecule has 1 aromatic rings. The van der Waals surface area contributed by atoms with Gasteiger partial charge in [-0.2, -0.15) is 13.2 Å². The van der Waals surface area contributed by atoms with Gasteiger partial charge in [-0.1, -0.05) is 0 Å². The summed E-state index contributed by atoms with van der Waals surface area (Å²) in [7, 11) is 1.43. The lowest BCUT2D eigenvalue weighted by atomic mass is 10.2. The Morgan fingerprint density at radius 2 is 2.05 bits per heavy atom. The number of hydrogen-bond donors (Lipinski definition) is 2. The molecule has 0 saturated heterocycles. The van der Waals surface area contributed by atoms with Crippen LogP contribution in [0.15, 0.2) is 18.2 Å². The van der Waals surface area contributed by atoms with Crippen LogP contribution in [0.2, 0.25) is 0 Å². The first-order valence-corrected chi connectivity index (χ1v) is 6.23. The van der Waals surface area contributed by atoms with Crippen LogP contribution in [-0.2, 0) is 4.79 Å². The molecular formula is C13H17F4N3O. The summed E-state index contributed by atoms with van der Waals surface area (Å²) in [5.74, 6) is -1.10. The molecule has 0 fully saturated rings. The number of benzene rings is 1. The molecule has 1 rings (SSSR count). The zero-order valence-corrected chi connectivity index (χ0v) is 11.7. The number of rotatable bonds is 5. The van der Waals surface area contributed by atoms with Gasteiger partial charge in [-0.25, -0.2) is 4.39 Å². The van der Waals surface area contributed by atoms with Crippen molar-refractivity contribution in [3.63, 3.8) is 0 Å². The molecule has 1 unspecified atom stereocenters. The van der Waals surface area contributed by atoms with Gasteiger partial charge >= 0.3 is 6.18 Å². The summed E-state index contributed by atoms with van der Waals surface area (Å²) in [6, 6.07) is 2.91. The van der Waals surface area contributed by atoms with Gasteiger partial charge in [-0.05, 0) is 32.2 Å². The lowest BCUT2D eigenvalue weighted by molar-refractivity contribution is -0.140. The molecule has 1 atom stereocenters. The minimum atomic E-state index is -4.27. The van der Waals surface area contributed by atoms with E-state index in [1.807, 2.05) is 0 Å². The van der Waals surface area contributed by atoms with Crippen LogP contribution in [0.3, 0.4) is 0 Å². The third-order valence-corrected chi connectivity index (χ3v) is 3.05. The second-order valence-electron chi connectivity index (χ2n) is 4.75. The number of halogens is 4. The number of hydrogen-bond acceptors (Lipinski definition) is 3. The normalized spacial score (nSPS) is 13.3. The Kier molecular flexibility index (Phi) is 5.54. The number of alkyl halides is 3. The second-order valence-corrected chi connectivity index (χ2v) is 4.75. The molecule has 0 saturated carbocycles. The van der Waals surface area contributed by atoms with E-state index in [1.165, 1.54) is 31.0 Å². The molecular weight excluding hydrogens is 290 g/mol. The smallest absolute Gasteiger partial charge is 0.390 e. The summed E-state index contributed by atoms with van der Waals surface area (Å²) in [4.78, 5) is 13.2. The van der Waals surface area contributed by atoms with E-state index in [0.717, 1.165) is 6.07 Å².